The Morgan fingerprint density at radius 1 is 1.08 bits per heavy atom. The van der Waals surface area contributed by atoms with Crippen LogP contribution in [0.25, 0.3) is 0 Å². The lowest BCUT2D eigenvalue weighted by atomic mass is 9.63. The average molecular weight is 350 g/mol. The van der Waals surface area contributed by atoms with Crippen LogP contribution in [0.1, 0.15) is 36.3 Å². The molecule has 1 amide bonds. The highest BCUT2D eigenvalue weighted by Gasteiger charge is 2.49. The van der Waals surface area contributed by atoms with Gasteiger partial charge >= 0.3 is 0 Å². The van der Waals surface area contributed by atoms with Gasteiger partial charge in [-0.3, -0.25) is 4.79 Å². The Kier molecular flexibility index (Phi) is 4.45. The predicted octanol–water partition coefficient (Wildman–Crippen LogP) is 3.07. The van der Waals surface area contributed by atoms with Crippen LogP contribution < -0.4 is 10.5 Å². The summed E-state index contributed by atoms with van der Waals surface area (Å²) >= 11 is 0. The zero-order valence-electron chi connectivity index (χ0n) is 15.2. The smallest absolute Gasteiger partial charge is 0.233 e. The lowest BCUT2D eigenvalue weighted by molar-refractivity contribution is -0.139. The highest BCUT2D eigenvalue weighted by Crippen LogP contribution is 2.46. The van der Waals surface area contributed by atoms with Crippen molar-refractivity contribution in [1.29, 1.82) is 0 Å². The summed E-state index contributed by atoms with van der Waals surface area (Å²) in [5.74, 6) is 1.28. The maximum absolute atomic E-state index is 13.5. The van der Waals surface area contributed by atoms with Gasteiger partial charge in [0.05, 0.1) is 12.5 Å². The Bertz CT molecular complexity index is 768. The van der Waals surface area contributed by atoms with Crippen molar-refractivity contribution in [3.63, 3.8) is 0 Å². The largest absolute Gasteiger partial charge is 0.497 e. The lowest BCUT2D eigenvalue weighted by Gasteiger charge is -2.43. The van der Waals surface area contributed by atoms with E-state index in [1.54, 1.807) is 7.11 Å². The van der Waals surface area contributed by atoms with Gasteiger partial charge < -0.3 is 15.4 Å². The number of nitrogens with zero attached hydrogens (tertiary/aromatic N) is 1. The summed E-state index contributed by atoms with van der Waals surface area (Å²) in [6, 6.07) is 18.3. The molecule has 2 aromatic rings. The highest BCUT2D eigenvalue weighted by atomic mass is 16.5. The van der Waals surface area contributed by atoms with Crippen molar-refractivity contribution in [1.82, 2.24) is 4.90 Å². The number of rotatable bonds is 4. The van der Waals surface area contributed by atoms with E-state index < -0.39 is 0 Å². The standard InChI is InChI=1S/C22H26N2O2/c1-26-18-10-8-17(9-11-18)22(12-5-13-22)21(25)24-14-19(20(23)15-24)16-6-3-2-4-7-16/h2-4,6-11,19-20H,5,12-15,23H2,1H3/t19-,20+/m0/s1. The normalized spacial score (nSPS) is 24.2. The van der Waals surface area contributed by atoms with Crippen molar-refractivity contribution >= 4 is 5.91 Å². The first-order chi connectivity index (χ1) is 12.6. The maximum atomic E-state index is 13.5. The van der Waals surface area contributed by atoms with Crippen LogP contribution >= 0.6 is 0 Å². The fourth-order valence-corrected chi connectivity index (χ4v) is 4.42. The molecule has 0 aromatic heterocycles. The Labute approximate surface area is 155 Å². The van der Waals surface area contributed by atoms with E-state index >= 15 is 0 Å². The van der Waals surface area contributed by atoms with Crippen molar-refractivity contribution in [2.45, 2.75) is 36.6 Å². The van der Waals surface area contributed by atoms with Gasteiger partial charge in [-0.25, -0.2) is 0 Å². The van der Waals surface area contributed by atoms with Crippen LogP contribution in [0.15, 0.2) is 54.6 Å². The molecule has 4 nitrogen and oxygen atoms in total. The molecule has 2 aromatic carbocycles. The fraction of sp³-hybridized carbons (Fsp3) is 0.409. The predicted molar refractivity (Wildman–Crippen MR) is 102 cm³/mol. The summed E-state index contributed by atoms with van der Waals surface area (Å²) in [4.78, 5) is 15.5. The Balaban J connectivity index is 1.56. The fourth-order valence-electron chi connectivity index (χ4n) is 4.42. The van der Waals surface area contributed by atoms with Crippen molar-refractivity contribution in [2.75, 3.05) is 20.2 Å². The zero-order chi connectivity index (χ0) is 18.1. The third-order valence-electron chi connectivity index (χ3n) is 6.14. The quantitative estimate of drug-likeness (QED) is 0.922. The number of ether oxygens (including phenoxy) is 1. The number of carbonyl (C=O) groups excluding carboxylic acids is 1. The average Bonchev–Trinajstić information content (AvgIpc) is 3.04. The molecule has 2 aliphatic rings. The van der Waals surface area contributed by atoms with E-state index in [1.165, 1.54) is 5.56 Å². The van der Waals surface area contributed by atoms with Crippen molar-refractivity contribution in [3.8, 4) is 5.75 Å². The highest BCUT2D eigenvalue weighted by molar-refractivity contribution is 5.89. The molecule has 0 spiro atoms. The number of hydrogen-bond acceptors (Lipinski definition) is 3. The molecule has 0 radical (unpaired) electrons. The molecule has 4 rings (SSSR count). The van der Waals surface area contributed by atoms with E-state index in [-0.39, 0.29) is 23.3 Å². The van der Waals surface area contributed by atoms with Gasteiger partial charge in [0.25, 0.3) is 0 Å². The summed E-state index contributed by atoms with van der Waals surface area (Å²) < 4.78 is 5.26. The molecule has 1 aliphatic heterocycles. The minimum atomic E-state index is -0.377. The van der Waals surface area contributed by atoms with Gasteiger partial charge in [0.2, 0.25) is 5.91 Å². The molecule has 4 heteroatoms. The molecule has 1 heterocycles. The first-order valence-corrected chi connectivity index (χ1v) is 9.38. The molecule has 2 N–H and O–H groups in total. The molecular weight excluding hydrogens is 324 g/mol. The molecular formula is C22H26N2O2. The van der Waals surface area contributed by atoms with Crippen LogP contribution in [0, 0.1) is 0 Å². The van der Waals surface area contributed by atoms with Crippen LogP contribution in [0.3, 0.4) is 0 Å². The number of carbonyl (C=O) groups is 1. The molecule has 2 atom stereocenters. The number of amides is 1. The Hall–Kier alpha value is -2.33. The van der Waals surface area contributed by atoms with Gasteiger partial charge in [-0.05, 0) is 36.1 Å². The van der Waals surface area contributed by atoms with Crippen LogP contribution in [0.2, 0.25) is 0 Å². The van der Waals surface area contributed by atoms with Crippen LogP contribution in [-0.2, 0) is 10.2 Å². The summed E-state index contributed by atoms with van der Waals surface area (Å²) in [7, 11) is 1.66. The van der Waals surface area contributed by atoms with Gasteiger partial charge in [-0.2, -0.15) is 0 Å². The van der Waals surface area contributed by atoms with Gasteiger partial charge in [-0.1, -0.05) is 48.9 Å². The number of benzene rings is 2. The molecule has 0 unspecified atom stereocenters. The molecule has 2 fully saturated rings. The number of likely N-dealkylation sites (tertiary alicyclic amines) is 1. The van der Waals surface area contributed by atoms with E-state index in [1.807, 2.05) is 47.4 Å². The lowest BCUT2D eigenvalue weighted by Crippen LogP contribution is -2.50. The Morgan fingerprint density at radius 2 is 1.77 bits per heavy atom. The van der Waals surface area contributed by atoms with Crippen LogP contribution in [0.5, 0.6) is 5.75 Å². The van der Waals surface area contributed by atoms with E-state index in [4.69, 9.17) is 10.5 Å². The van der Waals surface area contributed by atoms with Crippen molar-refractivity contribution in [3.05, 3.63) is 65.7 Å². The molecule has 1 saturated carbocycles. The SMILES string of the molecule is COc1ccc(C2(C(=O)N3C[C@@H](N)[C@H](c4ccccc4)C3)CCC2)cc1. The molecule has 1 aliphatic carbocycles. The Morgan fingerprint density at radius 3 is 2.35 bits per heavy atom. The van der Waals surface area contributed by atoms with Crippen LogP contribution in [-0.4, -0.2) is 37.0 Å². The maximum Gasteiger partial charge on any atom is 0.233 e. The molecule has 0 bridgehead atoms. The number of methoxy groups -OCH3 is 1. The molecule has 1 saturated heterocycles. The molecule has 26 heavy (non-hydrogen) atoms. The van der Waals surface area contributed by atoms with E-state index in [2.05, 4.69) is 12.1 Å². The minimum absolute atomic E-state index is 0.00524. The minimum Gasteiger partial charge on any atom is -0.497 e. The van der Waals surface area contributed by atoms with E-state index in [0.717, 1.165) is 30.6 Å². The second-order valence-corrected chi connectivity index (χ2v) is 7.56. The van der Waals surface area contributed by atoms with Crippen molar-refractivity contribution in [2.24, 2.45) is 5.73 Å². The second-order valence-electron chi connectivity index (χ2n) is 7.56. The first kappa shape index (κ1) is 17.1. The zero-order valence-corrected chi connectivity index (χ0v) is 15.2. The third kappa shape index (κ3) is 2.78. The monoisotopic (exact) mass is 350 g/mol. The topological polar surface area (TPSA) is 55.6 Å². The first-order valence-electron chi connectivity index (χ1n) is 9.38. The van der Waals surface area contributed by atoms with Gasteiger partial charge in [0.15, 0.2) is 0 Å². The second kappa shape index (κ2) is 6.76. The number of hydrogen-bond donors (Lipinski definition) is 1. The molecule has 136 valence electrons. The van der Waals surface area contributed by atoms with Crippen molar-refractivity contribution < 1.29 is 9.53 Å². The summed E-state index contributed by atoms with van der Waals surface area (Å²) in [6.45, 7) is 1.35. The van der Waals surface area contributed by atoms with Gasteiger partial charge in [0.1, 0.15) is 5.75 Å². The van der Waals surface area contributed by atoms with Gasteiger partial charge in [0, 0.05) is 25.0 Å². The third-order valence-corrected chi connectivity index (χ3v) is 6.14. The van der Waals surface area contributed by atoms with Gasteiger partial charge in [-0.15, -0.1) is 0 Å². The summed E-state index contributed by atoms with van der Waals surface area (Å²) in [6.07, 6.45) is 2.93. The summed E-state index contributed by atoms with van der Waals surface area (Å²) in [5, 5.41) is 0. The van der Waals surface area contributed by atoms with E-state index in [9.17, 15) is 4.79 Å². The van der Waals surface area contributed by atoms with E-state index in [0.29, 0.717) is 13.1 Å². The van der Waals surface area contributed by atoms with Crippen LogP contribution in [0.4, 0.5) is 0 Å². The summed E-state index contributed by atoms with van der Waals surface area (Å²) in [5.41, 5.74) is 8.36. The number of nitrogens with two attached hydrogens (primary N) is 1.